The van der Waals surface area contributed by atoms with Crippen molar-refractivity contribution in [1.29, 1.82) is 0 Å². The van der Waals surface area contributed by atoms with E-state index in [4.69, 9.17) is 9.47 Å². The first kappa shape index (κ1) is 10.4. The lowest BCUT2D eigenvalue weighted by molar-refractivity contribution is -0.385. The number of benzene rings is 1. The van der Waals surface area contributed by atoms with Gasteiger partial charge in [0.1, 0.15) is 0 Å². The van der Waals surface area contributed by atoms with E-state index < -0.39 is 4.92 Å². The summed E-state index contributed by atoms with van der Waals surface area (Å²) in [5.41, 5.74) is 0.0479. The Labute approximate surface area is 90.9 Å². The van der Waals surface area contributed by atoms with Crippen molar-refractivity contribution in [2.75, 3.05) is 13.7 Å². The summed E-state index contributed by atoms with van der Waals surface area (Å²) in [5, 5.41) is 10.7. The molecule has 0 N–H and O–H groups in total. The lowest BCUT2D eigenvalue weighted by Crippen LogP contribution is -2.16. The van der Waals surface area contributed by atoms with Crippen molar-refractivity contribution in [3.8, 4) is 11.5 Å². The molecule has 6 nitrogen and oxygen atoms in total. The third-order valence-corrected chi connectivity index (χ3v) is 2.35. The van der Waals surface area contributed by atoms with Crippen LogP contribution in [0.3, 0.4) is 0 Å². The Morgan fingerprint density at radius 1 is 1.50 bits per heavy atom. The number of carbonyl (C=O) groups excluding carboxylic acids is 1. The van der Waals surface area contributed by atoms with Crippen LogP contribution < -0.4 is 9.47 Å². The largest absolute Gasteiger partial charge is 0.493 e. The van der Waals surface area contributed by atoms with Crippen molar-refractivity contribution in [3.05, 3.63) is 27.8 Å². The first-order valence-corrected chi connectivity index (χ1v) is 4.66. The van der Waals surface area contributed by atoms with Gasteiger partial charge in [-0.05, 0) is 0 Å². The maximum atomic E-state index is 11.6. The molecule has 1 aliphatic rings. The van der Waals surface area contributed by atoms with Crippen LogP contribution in [0, 0.1) is 10.1 Å². The molecule has 6 heteroatoms. The van der Waals surface area contributed by atoms with Crippen molar-refractivity contribution >= 4 is 11.5 Å². The third-order valence-electron chi connectivity index (χ3n) is 2.35. The van der Waals surface area contributed by atoms with Gasteiger partial charge in [-0.25, -0.2) is 0 Å². The minimum Gasteiger partial charge on any atom is -0.493 e. The smallest absolute Gasteiger partial charge is 0.274 e. The van der Waals surface area contributed by atoms with Crippen molar-refractivity contribution < 1.29 is 19.2 Å². The van der Waals surface area contributed by atoms with Crippen LogP contribution in [0.1, 0.15) is 16.8 Å². The molecule has 0 radical (unpaired) electrons. The zero-order valence-corrected chi connectivity index (χ0v) is 8.56. The fourth-order valence-corrected chi connectivity index (χ4v) is 1.58. The summed E-state index contributed by atoms with van der Waals surface area (Å²) in [5.74, 6) is 0.352. The van der Waals surface area contributed by atoms with Gasteiger partial charge >= 0.3 is 0 Å². The second kappa shape index (κ2) is 3.80. The van der Waals surface area contributed by atoms with Gasteiger partial charge in [0.15, 0.2) is 17.3 Å². The minimum atomic E-state index is -0.565. The molecule has 16 heavy (non-hydrogen) atoms. The predicted molar refractivity (Wildman–Crippen MR) is 54.1 cm³/mol. The van der Waals surface area contributed by atoms with E-state index in [2.05, 4.69) is 0 Å². The Kier molecular flexibility index (Phi) is 2.47. The van der Waals surface area contributed by atoms with Gasteiger partial charge < -0.3 is 9.47 Å². The highest BCUT2D eigenvalue weighted by molar-refractivity contribution is 6.01. The molecule has 0 fully saturated rings. The first-order valence-electron chi connectivity index (χ1n) is 4.66. The average Bonchev–Trinajstić information content (AvgIpc) is 2.28. The molecule has 0 bridgehead atoms. The predicted octanol–water partition coefficient (Wildman–Crippen LogP) is 1.57. The first-order chi connectivity index (χ1) is 7.63. The van der Waals surface area contributed by atoms with Crippen molar-refractivity contribution in [1.82, 2.24) is 0 Å². The molecule has 0 unspecified atom stereocenters. The van der Waals surface area contributed by atoms with Crippen LogP contribution in [0.4, 0.5) is 5.69 Å². The highest BCUT2D eigenvalue weighted by atomic mass is 16.6. The van der Waals surface area contributed by atoms with Crippen LogP contribution in [-0.4, -0.2) is 24.4 Å². The zero-order valence-electron chi connectivity index (χ0n) is 8.56. The van der Waals surface area contributed by atoms with Gasteiger partial charge in [-0.15, -0.1) is 0 Å². The minimum absolute atomic E-state index is 0.164. The van der Waals surface area contributed by atoms with E-state index >= 15 is 0 Å². The number of non-ortho nitro benzene ring substituents is 1. The van der Waals surface area contributed by atoms with Gasteiger partial charge in [0.25, 0.3) is 5.69 Å². The number of nitro benzene ring substituents is 1. The molecule has 0 atom stereocenters. The van der Waals surface area contributed by atoms with Gasteiger partial charge in [-0.1, -0.05) is 0 Å². The van der Waals surface area contributed by atoms with E-state index in [9.17, 15) is 14.9 Å². The van der Waals surface area contributed by atoms with Gasteiger partial charge in [0.05, 0.1) is 30.3 Å². The summed E-state index contributed by atoms with van der Waals surface area (Å²) in [6.45, 7) is 0.278. The Bertz CT molecular complexity index is 469. The van der Waals surface area contributed by atoms with E-state index in [1.807, 2.05) is 0 Å². The van der Waals surface area contributed by atoms with E-state index in [1.165, 1.54) is 19.2 Å². The van der Waals surface area contributed by atoms with E-state index in [0.717, 1.165) is 0 Å². The molecule has 1 aromatic rings. The molecule has 0 saturated heterocycles. The standard InChI is InChI=1S/C10H9NO5/c1-15-9-5-6(11(13)14)4-7-8(12)2-3-16-10(7)9/h4-5H,2-3H2,1H3. The number of hydrogen-bond donors (Lipinski definition) is 0. The Balaban J connectivity index is 2.62. The molecule has 0 aromatic heterocycles. The van der Waals surface area contributed by atoms with Crippen LogP contribution in [0.25, 0.3) is 0 Å². The molecule has 1 aromatic carbocycles. The van der Waals surface area contributed by atoms with Gasteiger partial charge in [-0.3, -0.25) is 14.9 Å². The highest BCUT2D eigenvalue weighted by Gasteiger charge is 2.26. The number of hydrogen-bond acceptors (Lipinski definition) is 5. The summed E-state index contributed by atoms with van der Waals surface area (Å²) in [6, 6.07) is 2.47. The molecule has 1 aliphatic heterocycles. The fourth-order valence-electron chi connectivity index (χ4n) is 1.58. The topological polar surface area (TPSA) is 78.7 Å². The molecular weight excluding hydrogens is 214 g/mol. The normalized spacial score (nSPS) is 13.9. The van der Waals surface area contributed by atoms with Crippen LogP contribution in [0.2, 0.25) is 0 Å². The molecule has 84 valence electrons. The van der Waals surface area contributed by atoms with E-state index in [-0.39, 0.29) is 35.8 Å². The summed E-state index contributed by atoms with van der Waals surface area (Å²) < 4.78 is 10.3. The molecule has 0 amide bonds. The van der Waals surface area contributed by atoms with Gasteiger partial charge in [0.2, 0.25) is 0 Å². The Morgan fingerprint density at radius 2 is 2.25 bits per heavy atom. The molecule has 1 heterocycles. The van der Waals surface area contributed by atoms with Gasteiger partial charge in [-0.2, -0.15) is 0 Å². The second-order valence-electron chi connectivity index (χ2n) is 3.30. The lowest BCUT2D eigenvalue weighted by Gasteiger charge is -2.18. The number of ether oxygens (including phenoxy) is 2. The molecule has 0 spiro atoms. The summed E-state index contributed by atoms with van der Waals surface area (Å²) in [6.07, 6.45) is 0.233. The third kappa shape index (κ3) is 1.58. The molecule has 2 rings (SSSR count). The van der Waals surface area contributed by atoms with E-state index in [1.54, 1.807) is 0 Å². The highest BCUT2D eigenvalue weighted by Crippen LogP contribution is 2.38. The number of nitrogens with zero attached hydrogens (tertiary/aromatic N) is 1. The maximum Gasteiger partial charge on any atom is 0.274 e. The molecule has 0 saturated carbocycles. The van der Waals surface area contributed by atoms with Crippen LogP contribution in [0.5, 0.6) is 11.5 Å². The van der Waals surface area contributed by atoms with Crippen molar-refractivity contribution in [2.45, 2.75) is 6.42 Å². The Hall–Kier alpha value is -2.11. The quantitative estimate of drug-likeness (QED) is 0.561. The summed E-state index contributed by atoms with van der Waals surface area (Å²) in [7, 11) is 1.38. The van der Waals surface area contributed by atoms with Crippen molar-refractivity contribution in [3.63, 3.8) is 0 Å². The summed E-state index contributed by atoms with van der Waals surface area (Å²) in [4.78, 5) is 21.7. The monoisotopic (exact) mass is 223 g/mol. The number of Topliss-reactive ketones (excluding diaryl/α,β-unsaturated/α-hetero) is 1. The number of rotatable bonds is 2. The number of nitro groups is 1. The number of ketones is 1. The average molecular weight is 223 g/mol. The second-order valence-corrected chi connectivity index (χ2v) is 3.30. The SMILES string of the molecule is COc1cc([N+](=O)[O-])cc2c1OCCC2=O. The maximum absolute atomic E-state index is 11.6. The Morgan fingerprint density at radius 3 is 2.88 bits per heavy atom. The number of carbonyl (C=O) groups is 1. The number of methoxy groups -OCH3 is 1. The van der Waals surface area contributed by atoms with Crippen LogP contribution >= 0.6 is 0 Å². The van der Waals surface area contributed by atoms with Crippen molar-refractivity contribution in [2.24, 2.45) is 0 Å². The van der Waals surface area contributed by atoms with Gasteiger partial charge in [0, 0.05) is 12.5 Å². The van der Waals surface area contributed by atoms with E-state index in [0.29, 0.717) is 5.75 Å². The van der Waals surface area contributed by atoms with Crippen LogP contribution in [0.15, 0.2) is 12.1 Å². The lowest BCUT2D eigenvalue weighted by atomic mass is 10.0. The fraction of sp³-hybridized carbons (Fsp3) is 0.300. The molecule has 0 aliphatic carbocycles. The molecular formula is C10H9NO5. The van der Waals surface area contributed by atoms with Crippen LogP contribution in [-0.2, 0) is 0 Å². The summed E-state index contributed by atoms with van der Waals surface area (Å²) >= 11 is 0. The zero-order chi connectivity index (χ0) is 11.7. The number of fused-ring (bicyclic) bond motifs is 1.